The summed E-state index contributed by atoms with van der Waals surface area (Å²) in [5, 5.41) is 9.31. The second-order valence-electron chi connectivity index (χ2n) is 6.43. The third kappa shape index (κ3) is 4.26. The van der Waals surface area contributed by atoms with Crippen molar-refractivity contribution < 1.29 is 22.4 Å². The van der Waals surface area contributed by atoms with E-state index in [2.05, 4.69) is 9.72 Å². The average Bonchev–Trinajstić information content (AvgIpc) is 2.76. The Hall–Kier alpha value is -2.53. The lowest BCUT2D eigenvalue weighted by atomic mass is 10.1. The highest BCUT2D eigenvalue weighted by atomic mass is 19.4. The molecule has 0 amide bonds. The van der Waals surface area contributed by atoms with E-state index in [4.69, 9.17) is 0 Å². The number of ether oxygens (including phenoxy) is 1. The number of aromatic nitrogens is 2. The van der Waals surface area contributed by atoms with Crippen LogP contribution >= 0.6 is 0 Å². The standard InChI is InChI=1S/C16H18F3N4O/c1-11-15(9-23(2,3)4)22(10-21-11)14-6-5-13(7-12(14)8-20)24-16(17,18)19/h5-7,10H,9H2,1-4H3/q+1. The van der Waals surface area contributed by atoms with Crippen LogP contribution in [-0.4, -0.2) is 41.5 Å². The normalized spacial score (nSPS) is 12.1. The zero-order chi connectivity index (χ0) is 18.1. The summed E-state index contributed by atoms with van der Waals surface area (Å²) in [5.74, 6) is -0.423. The molecule has 0 aliphatic rings. The number of halogens is 3. The Bertz CT molecular complexity index is 782. The quantitative estimate of drug-likeness (QED) is 0.804. The molecule has 0 unspecified atom stereocenters. The predicted octanol–water partition coefficient (Wildman–Crippen LogP) is 3.16. The first kappa shape index (κ1) is 17.8. The number of hydrogen-bond acceptors (Lipinski definition) is 3. The maximum Gasteiger partial charge on any atom is 0.573 e. The second-order valence-corrected chi connectivity index (χ2v) is 6.43. The number of hydrogen-bond donors (Lipinski definition) is 0. The Morgan fingerprint density at radius 3 is 2.50 bits per heavy atom. The SMILES string of the molecule is Cc1ncn(-c2ccc(OC(F)(F)F)cc2C#N)c1C[N+](C)(C)C. The van der Waals surface area contributed by atoms with E-state index in [9.17, 15) is 18.4 Å². The smallest absolute Gasteiger partial charge is 0.406 e. The lowest BCUT2D eigenvalue weighted by Crippen LogP contribution is -2.34. The molecule has 5 nitrogen and oxygen atoms in total. The van der Waals surface area contributed by atoms with Crippen molar-refractivity contribution in [3.8, 4) is 17.5 Å². The summed E-state index contributed by atoms with van der Waals surface area (Å²) in [6.45, 7) is 2.51. The van der Waals surface area contributed by atoms with Crippen LogP contribution in [0.4, 0.5) is 13.2 Å². The molecular weight excluding hydrogens is 321 g/mol. The monoisotopic (exact) mass is 339 g/mol. The summed E-state index contributed by atoms with van der Waals surface area (Å²) < 4.78 is 43.2. The van der Waals surface area contributed by atoms with E-state index in [1.807, 2.05) is 34.1 Å². The molecule has 0 saturated heterocycles. The summed E-state index contributed by atoms with van der Waals surface area (Å²) in [4.78, 5) is 4.27. The van der Waals surface area contributed by atoms with Gasteiger partial charge < -0.3 is 9.22 Å². The van der Waals surface area contributed by atoms with Crippen LogP contribution < -0.4 is 4.74 Å². The zero-order valence-corrected chi connectivity index (χ0v) is 13.8. The van der Waals surface area contributed by atoms with Gasteiger partial charge >= 0.3 is 6.36 Å². The fourth-order valence-electron chi connectivity index (χ4n) is 2.32. The Labute approximate surface area is 138 Å². The molecule has 1 aromatic heterocycles. The van der Waals surface area contributed by atoms with Crippen LogP contribution in [0.5, 0.6) is 5.75 Å². The number of rotatable bonds is 4. The van der Waals surface area contributed by atoms with Gasteiger partial charge in [0.15, 0.2) is 0 Å². The van der Waals surface area contributed by atoms with Crippen molar-refractivity contribution in [3.05, 3.63) is 41.5 Å². The molecule has 0 saturated carbocycles. The molecule has 0 radical (unpaired) electrons. The summed E-state index contributed by atoms with van der Waals surface area (Å²) >= 11 is 0. The van der Waals surface area contributed by atoms with E-state index in [0.29, 0.717) is 16.7 Å². The maximum absolute atomic E-state index is 12.3. The van der Waals surface area contributed by atoms with E-state index in [0.717, 1.165) is 17.5 Å². The van der Waals surface area contributed by atoms with Crippen LogP contribution in [0.1, 0.15) is 17.0 Å². The maximum atomic E-state index is 12.3. The first-order chi connectivity index (χ1) is 11.0. The van der Waals surface area contributed by atoms with Crippen molar-refractivity contribution in [2.24, 2.45) is 0 Å². The molecule has 0 bridgehead atoms. The Balaban J connectivity index is 2.49. The van der Waals surface area contributed by atoms with Crippen molar-refractivity contribution in [1.82, 2.24) is 9.55 Å². The molecule has 128 valence electrons. The van der Waals surface area contributed by atoms with Gasteiger partial charge in [-0.3, -0.25) is 4.57 Å². The zero-order valence-electron chi connectivity index (χ0n) is 13.8. The molecule has 1 heterocycles. The molecule has 2 aromatic rings. The van der Waals surface area contributed by atoms with E-state index in [1.54, 1.807) is 10.9 Å². The first-order valence-corrected chi connectivity index (χ1v) is 7.14. The van der Waals surface area contributed by atoms with E-state index in [-0.39, 0.29) is 5.56 Å². The van der Waals surface area contributed by atoms with Crippen LogP contribution in [0.3, 0.4) is 0 Å². The summed E-state index contributed by atoms with van der Waals surface area (Å²) in [6.07, 6.45) is -3.23. The third-order valence-electron chi connectivity index (χ3n) is 3.28. The number of quaternary nitrogens is 1. The van der Waals surface area contributed by atoms with E-state index >= 15 is 0 Å². The van der Waals surface area contributed by atoms with Crippen LogP contribution in [0.2, 0.25) is 0 Å². The van der Waals surface area contributed by atoms with Gasteiger partial charge in [-0.1, -0.05) is 0 Å². The minimum Gasteiger partial charge on any atom is -0.406 e. The highest BCUT2D eigenvalue weighted by molar-refractivity contribution is 5.53. The lowest BCUT2D eigenvalue weighted by Gasteiger charge is -2.25. The van der Waals surface area contributed by atoms with Crippen LogP contribution in [0.15, 0.2) is 24.5 Å². The van der Waals surface area contributed by atoms with Crippen LogP contribution in [0, 0.1) is 18.3 Å². The molecule has 8 heteroatoms. The molecule has 2 rings (SSSR count). The number of alkyl halides is 3. The van der Waals surface area contributed by atoms with Gasteiger partial charge in [0, 0.05) is 6.07 Å². The molecule has 0 atom stereocenters. The van der Waals surface area contributed by atoms with Crippen molar-refractivity contribution in [2.75, 3.05) is 21.1 Å². The molecule has 24 heavy (non-hydrogen) atoms. The number of nitriles is 1. The topological polar surface area (TPSA) is 50.8 Å². The van der Waals surface area contributed by atoms with E-state index < -0.39 is 12.1 Å². The number of aryl methyl sites for hydroxylation is 1. The van der Waals surface area contributed by atoms with Crippen molar-refractivity contribution in [2.45, 2.75) is 19.8 Å². The first-order valence-electron chi connectivity index (χ1n) is 7.14. The second kappa shape index (κ2) is 6.17. The number of benzene rings is 1. The molecule has 1 aromatic carbocycles. The fraction of sp³-hybridized carbons (Fsp3) is 0.375. The summed E-state index contributed by atoms with van der Waals surface area (Å²) in [7, 11) is 6.05. The minimum atomic E-state index is -4.80. The summed E-state index contributed by atoms with van der Waals surface area (Å²) in [5.41, 5.74) is 2.25. The lowest BCUT2D eigenvalue weighted by molar-refractivity contribution is -0.884. The Morgan fingerprint density at radius 2 is 1.96 bits per heavy atom. The van der Waals surface area contributed by atoms with Gasteiger partial charge in [-0.05, 0) is 19.1 Å². The van der Waals surface area contributed by atoms with Crippen molar-refractivity contribution in [3.63, 3.8) is 0 Å². The average molecular weight is 339 g/mol. The highest BCUT2D eigenvalue weighted by Gasteiger charge is 2.31. The molecule has 0 aliphatic heterocycles. The Kier molecular flexibility index (Phi) is 4.58. The summed E-state index contributed by atoms with van der Waals surface area (Å²) in [6, 6.07) is 5.62. The number of nitrogens with zero attached hydrogens (tertiary/aromatic N) is 4. The largest absolute Gasteiger partial charge is 0.573 e. The molecule has 0 spiro atoms. The molecule has 0 fully saturated rings. The van der Waals surface area contributed by atoms with Gasteiger partial charge in [0.05, 0.1) is 44.4 Å². The van der Waals surface area contributed by atoms with Crippen LogP contribution in [-0.2, 0) is 6.54 Å². The van der Waals surface area contributed by atoms with Crippen molar-refractivity contribution >= 4 is 0 Å². The van der Waals surface area contributed by atoms with Gasteiger partial charge in [0.25, 0.3) is 0 Å². The van der Waals surface area contributed by atoms with Crippen LogP contribution in [0.25, 0.3) is 5.69 Å². The minimum absolute atomic E-state index is 0.0804. The fourth-order valence-corrected chi connectivity index (χ4v) is 2.32. The van der Waals surface area contributed by atoms with Gasteiger partial charge in [0.1, 0.15) is 24.1 Å². The molecule has 0 aliphatic carbocycles. The Morgan fingerprint density at radius 1 is 1.29 bits per heavy atom. The van der Waals surface area contributed by atoms with Gasteiger partial charge in [-0.25, -0.2) is 4.98 Å². The van der Waals surface area contributed by atoms with Crippen molar-refractivity contribution in [1.29, 1.82) is 5.26 Å². The van der Waals surface area contributed by atoms with Gasteiger partial charge in [-0.15, -0.1) is 13.2 Å². The predicted molar refractivity (Wildman–Crippen MR) is 81.4 cm³/mol. The number of imidazole rings is 1. The van der Waals surface area contributed by atoms with Gasteiger partial charge in [0.2, 0.25) is 0 Å². The molecular formula is C16H18F3N4O+. The van der Waals surface area contributed by atoms with E-state index in [1.165, 1.54) is 12.1 Å². The third-order valence-corrected chi connectivity index (χ3v) is 3.28. The molecule has 0 N–H and O–H groups in total. The van der Waals surface area contributed by atoms with Gasteiger partial charge in [-0.2, -0.15) is 5.26 Å². The highest BCUT2D eigenvalue weighted by Crippen LogP contribution is 2.27.